The second kappa shape index (κ2) is 9.35. The van der Waals surface area contributed by atoms with Crippen molar-refractivity contribution in [1.82, 2.24) is 0 Å². The Balaban J connectivity index is 1.91. The van der Waals surface area contributed by atoms with Crippen molar-refractivity contribution in [1.29, 1.82) is 0 Å². The summed E-state index contributed by atoms with van der Waals surface area (Å²) in [6.07, 6.45) is 1.37. The van der Waals surface area contributed by atoms with Gasteiger partial charge in [0, 0.05) is 6.42 Å². The SMILES string of the molecule is CCOC(=O)CCC/C(=N\O)c1ccc(Oc2ccccc2)cc1. The predicted octanol–water partition coefficient (Wildman–Crippen LogP) is 4.39. The molecule has 2 aromatic rings. The van der Waals surface area contributed by atoms with Gasteiger partial charge in [-0.1, -0.05) is 23.4 Å². The Kier molecular flexibility index (Phi) is 6.83. The fourth-order valence-corrected chi connectivity index (χ4v) is 2.23. The summed E-state index contributed by atoms with van der Waals surface area (Å²) in [6, 6.07) is 16.8. The minimum Gasteiger partial charge on any atom is -0.466 e. The average molecular weight is 327 g/mol. The van der Waals surface area contributed by atoms with E-state index in [2.05, 4.69) is 5.16 Å². The molecule has 5 nitrogen and oxygen atoms in total. The molecule has 0 saturated carbocycles. The lowest BCUT2D eigenvalue weighted by molar-refractivity contribution is -0.143. The number of carbonyl (C=O) groups is 1. The minimum absolute atomic E-state index is 0.235. The van der Waals surface area contributed by atoms with Gasteiger partial charge in [-0.15, -0.1) is 0 Å². The van der Waals surface area contributed by atoms with E-state index in [1.54, 1.807) is 6.92 Å². The van der Waals surface area contributed by atoms with Crippen LogP contribution in [-0.4, -0.2) is 23.5 Å². The van der Waals surface area contributed by atoms with Gasteiger partial charge in [-0.05, 0) is 61.7 Å². The Morgan fingerprint density at radius 2 is 1.67 bits per heavy atom. The van der Waals surface area contributed by atoms with Gasteiger partial charge in [0.2, 0.25) is 0 Å². The molecule has 0 unspecified atom stereocenters. The zero-order chi connectivity index (χ0) is 17.2. The molecule has 2 rings (SSSR count). The molecule has 2 aromatic carbocycles. The van der Waals surface area contributed by atoms with Crippen molar-refractivity contribution in [2.75, 3.05) is 6.61 Å². The highest BCUT2D eigenvalue weighted by Crippen LogP contribution is 2.22. The Bertz CT molecular complexity index is 666. The van der Waals surface area contributed by atoms with E-state index in [9.17, 15) is 10.0 Å². The summed E-state index contributed by atoms with van der Waals surface area (Å²) in [6.45, 7) is 2.15. The zero-order valence-corrected chi connectivity index (χ0v) is 13.6. The van der Waals surface area contributed by atoms with E-state index >= 15 is 0 Å². The number of hydrogen-bond acceptors (Lipinski definition) is 5. The van der Waals surface area contributed by atoms with Crippen LogP contribution in [-0.2, 0) is 9.53 Å². The highest BCUT2D eigenvalue weighted by Gasteiger charge is 2.08. The highest BCUT2D eigenvalue weighted by atomic mass is 16.5. The van der Waals surface area contributed by atoms with Gasteiger partial charge in [0.15, 0.2) is 0 Å². The summed E-state index contributed by atoms with van der Waals surface area (Å²) in [5.41, 5.74) is 1.33. The van der Waals surface area contributed by atoms with Crippen molar-refractivity contribution in [3.05, 3.63) is 60.2 Å². The lowest BCUT2D eigenvalue weighted by Gasteiger charge is -2.08. The molecule has 0 amide bonds. The van der Waals surface area contributed by atoms with Gasteiger partial charge >= 0.3 is 5.97 Å². The van der Waals surface area contributed by atoms with Crippen LogP contribution in [0.25, 0.3) is 0 Å². The first kappa shape index (κ1) is 17.5. The first-order chi connectivity index (χ1) is 11.7. The maximum atomic E-state index is 11.3. The first-order valence-electron chi connectivity index (χ1n) is 7.93. The molecule has 0 aliphatic heterocycles. The largest absolute Gasteiger partial charge is 0.466 e. The van der Waals surface area contributed by atoms with Gasteiger partial charge in [-0.3, -0.25) is 4.79 Å². The number of esters is 1. The first-order valence-corrected chi connectivity index (χ1v) is 7.93. The van der Waals surface area contributed by atoms with Crippen molar-refractivity contribution in [2.45, 2.75) is 26.2 Å². The van der Waals surface area contributed by atoms with Gasteiger partial charge in [-0.2, -0.15) is 0 Å². The molecule has 0 radical (unpaired) electrons. The van der Waals surface area contributed by atoms with Gasteiger partial charge in [-0.25, -0.2) is 0 Å². The second-order valence-corrected chi connectivity index (χ2v) is 5.14. The van der Waals surface area contributed by atoms with Crippen molar-refractivity contribution in [3.63, 3.8) is 0 Å². The average Bonchev–Trinajstić information content (AvgIpc) is 2.61. The molecule has 0 aliphatic carbocycles. The fourth-order valence-electron chi connectivity index (χ4n) is 2.23. The van der Waals surface area contributed by atoms with Gasteiger partial charge in [0.05, 0.1) is 12.3 Å². The number of ether oxygens (including phenoxy) is 2. The van der Waals surface area contributed by atoms with E-state index in [4.69, 9.17) is 9.47 Å². The van der Waals surface area contributed by atoms with Crippen LogP contribution in [0.5, 0.6) is 11.5 Å². The third-order valence-corrected chi connectivity index (χ3v) is 3.39. The van der Waals surface area contributed by atoms with Crippen LogP contribution in [0, 0.1) is 0 Å². The number of nitrogens with zero attached hydrogens (tertiary/aromatic N) is 1. The Hall–Kier alpha value is -2.82. The summed E-state index contributed by atoms with van der Waals surface area (Å²) in [5, 5.41) is 12.5. The number of para-hydroxylation sites is 1. The zero-order valence-electron chi connectivity index (χ0n) is 13.6. The molecule has 1 N–H and O–H groups in total. The Morgan fingerprint density at radius 3 is 2.29 bits per heavy atom. The summed E-state index contributed by atoms with van der Waals surface area (Å²) in [7, 11) is 0. The molecule has 0 fully saturated rings. The maximum Gasteiger partial charge on any atom is 0.305 e. The van der Waals surface area contributed by atoms with Crippen LogP contribution >= 0.6 is 0 Å². The van der Waals surface area contributed by atoms with E-state index in [-0.39, 0.29) is 5.97 Å². The molecule has 0 saturated heterocycles. The lowest BCUT2D eigenvalue weighted by atomic mass is 10.0. The smallest absolute Gasteiger partial charge is 0.305 e. The highest BCUT2D eigenvalue weighted by molar-refractivity contribution is 6.00. The van der Waals surface area contributed by atoms with Crippen LogP contribution in [0.4, 0.5) is 0 Å². The van der Waals surface area contributed by atoms with Crippen molar-refractivity contribution >= 4 is 11.7 Å². The molecular weight excluding hydrogens is 306 g/mol. The van der Waals surface area contributed by atoms with Crippen LogP contribution < -0.4 is 4.74 Å². The van der Waals surface area contributed by atoms with Crippen molar-refractivity contribution in [3.8, 4) is 11.5 Å². The topological polar surface area (TPSA) is 68.1 Å². The van der Waals surface area contributed by atoms with Crippen molar-refractivity contribution in [2.24, 2.45) is 5.16 Å². The molecule has 0 aliphatic rings. The molecule has 0 bridgehead atoms. The summed E-state index contributed by atoms with van der Waals surface area (Å²) >= 11 is 0. The maximum absolute atomic E-state index is 11.3. The van der Waals surface area contributed by atoms with Gasteiger partial charge in [0.25, 0.3) is 0 Å². The van der Waals surface area contributed by atoms with E-state index in [0.717, 1.165) is 11.3 Å². The van der Waals surface area contributed by atoms with Gasteiger partial charge < -0.3 is 14.7 Å². The Morgan fingerprint density at radius 1 is 1.00 bits per heavy atom. The number of rotatable bonds is 8. The quantitative estimate of drug-likeness (QED) is 0.338. The predicted molar refractivity (Wildman–Crippen MR) is 91.8 cm³/mol. The van der Waals surface area contributed by atoms with Gasteiger partial charge in [0.1, 0.15) is 11.5 Å². The third kappa shape index (κ3) is 5.43. The monoisotopic (exact) mass is 327 g/mol. The van der Waals surface area contributed by atoms with Crippen LogP contribution in [0.3, 0.4) is 0 Å². The fraction of sp³-hybridized carbons (Fsp3) is 0.263. The number of benzene rings is 2. The Labute approximate surface area is 141 Å². The van der Waals surface area contributed by atoms with E-state index in [1.165, 1.54) is 0 Å². The number of oxime groups is 1. The normalized spacial score (nSPS) is 11.1. The van der Waals surface area contributed by atoms with E-state index < -0.39 is 0 Å². The second-order valence-electron chi connectivity index (χ2n) is 5.14. The lowest BCUT2D eigenvalue weighted by Crippen LogP contribution is -2.06. The molecule has 0 aromatic heterocycles. The van der Waals surface area contributed by atoms with Crippen LogP contribution in [0.1, 0.15) is 31.7 Å². The standard InChI is InChI=1S/C19H21NO4/c1-2-23-19(21)10-6-9-18(20-22)15-11-13-17(14-12-15)24-16-7-4-3-5-8-16/h3-5,7-8,11-14,22H,2,6,9-10H2,1H3/b20-18+. The molecule has 0 atom stereocenters. The molecule has 5 heteroatoms. The molecule has 126 valence electrons. The summed E-state index contributed by atoms with van der Waals surface area (Å²) in [4.78, 5) is 11.3. The van der Waals surface area contributed by atoms with Crippen LogP contribution in [0.2, 0.25) is 0 Å². The minimum atomic E-state index is -0.235. The number of hydrogen-bond donors (Lipinski definition) is 1. The third-order valence-electron chi connectivity index (χ3n) is 3.39. The summed E-state index contributed by atoms with van der Waals surface area (Å²) < 4.78 is 10.6. The molecule has 0 heterocycles. The molecule has 0 spiro atoms. The molecular formula is C19H21NO4. The summed E-state index contributed by atoms with van der Waals surface area (Å²) in [5.74, 6) is 1.23. The van der Waals surface area contributed by atoms with E-state index in [0.29, 0.717) is 37.3 Å². The van der Waals surface area contributed by atoms with Crippen LogP contribution in [0.15, 0.2) is 59.8 Å². The van der Waals surface area contributed by atoms with E-state index in [1.807, 2.05) is 54.6 Å². The van der Waals surface area contributed by atoms with Crippen molar-refractivity contribution < 1.29 is 19.5 Å². The molecule has 24 heavy (non-hydrogen) atoms. The number of carbonyl (C=O) groups excluding carboxylic acids is 1.